The lowest BCUT2D eigenvalue weighted by Crippen LogP contribution is -2.41. The second-order valence-electron chi connectivity index (χ2n) is 5.23. The minimum Gasteiger partial charge on any atom is -0.486 e. The summed E-state index contributed by atoms with van der Waals surface area (Å²) < 4.78 is 50.7. The molecule has 7 heteroatoms. The molecule has 1 aliphatic rings. The summed E-state index contributed by atoms with van der Waals surface area (Å²) in [5, 5.41) is 0. The molecule has 1 atom stereocenters. The largest absolute Gasteiger partial charge is 0.486 e. The first-order valence-corrected chi connectivity index (χ1v) is 8.77. The normalized spacial score (nSPS) is 17.0. The number of sulfonamides is 1. The molecule has 0 aliphatic carbocycles. The molecule has 3 rings (SSSR count). The molecule has 0 spiro atoms. The van der Waals surface area contributed by atoms with E-state index in [-0.39, 0.29) is 18.9 Å². The fourth-order valence-corrected chi connectivity index (χ4v) is 3.41. The first kappa shape index (κ1) is 15.8. The summed E-state index contributed by atoms with van der Waals surface area (Å²) in [5.41, 5.74) is 0.519. The summed E-state index contributed by atoms with van der Waals surface area (Å²) in [5.74, 6) is 0.641. The van der Waals surface area contributed by atoms with Gasteiger partial charge in [0, 0.05) is 0 Å². The maximum atomic E-state index is 12.8. The van der Waals surface area contributed by atoms with Crippen molar-refractivity contribution in [3.05, 3.63) is 59.9 Å². The topological polar surface area (TPSA) is 64.6 Å². The van der Waals surface area contributed by atoms with Crippen LogP contribution in [0.15, 0.2) is 48.5 Å². The Balaban J connectivity index is 1.56. The molecule has 2 aromatic carbocycles. The number of para-hydroxylation sites is 2. The highest BCUT2D eigenvalue weighted by Gasteiger charge is 2.22. The summed E-state index contributed by atoms with van der Waals surface area (Å²) in [6.07, 6.45) is -0.395. The van der Waals surface area contributed by atoms with E-state index in [2.05, 4.69) is 4.72 Å². The van der Waals surface area contributed by atoms with Crippen LogP contribution in [0.2, 0.25) is 0 Å². The molecule has 1 N–H and O–H groups in total. The molecule has 0 amide bonds. The molecule has 1 heterocycles. The van der Waals surface area contributed by atoms with Crippen molar-refractivity contribution in [3.8, 4) is 11.5 Å². The van der Waals surface area contributed by atoms with Crippen LogP contribution in [0.3, 0.4) is 0 Å². The Kier molecular flexibility index (Phi) is 4.49. The predicted molar refractivity (Wildman–Crippen MR) is 83.4 cm³/mol. The summed E-state index contributed by atoms with van der Waals surface area (Å²) in [7, 11) is -3.53. The van der Waals surface area contributed by atoms with Crippen molar-refractivity contribution in [2.75, 3.05) is 13.2 Å². The van der Waals surface area contributed by atoms with Gasteiger partial charge in [0.15, 0.2) is 11.5 Å². The number of rotatable bonds is 5. The van der Waals surface area contributed by atoms with Gasteiger partial charge in [-0.25, -0.2) is 17.5 Å². The molecule has 23 heavy (non-hydrogen) atoms. The maximum Gasteiger partial charge on any atom is 0.215 e. The number of hydrogen-bond donors (Lipinski definition) is 1. The Labute approximate surface area is 134 Å². The van der Waals surface area contributed by atoms with Crippen molar-refractivity contribution in [1.82, 2.24) is 4.72 Å². The minimum atomic E-state index is -3.53. The van der Waals surface area contributed by atoms with E-state index in [9.17, 15) is 12.8 Å². The number of ether oxygens (including phenoxy) is 2. The Hall–Kier alpha value is -2.12. The number of benzene rings is 2. The van der Waals surface area contributed by atoms with Gasteiger partial charge in [-0.2, -0.15) is 0 Å². The molecular formula is C16H16FNO4S. The average Bonchev–Trinajstić information content (AvgIpc) is 2.55. The molecule has 0 saturated carbocycles. The Morgan fingerprint density at radius 2 is 1.78 bits per heavy atom. The fraction of sp³-hybridized carbons (Fsp3) is 0.250. The Morgan fingerprint density at radius 1 is 1.09 bits per heavy atom. The third kappa shape index (κ3) is 4.20. The average molecular weight is 337 g/mol. The molecule has 0 aromatic heterocycles. The summed E-state index contributed by atoms with van der Waals surface area (Å²) >= 11 is 0. The SMILES string of the molecule is O=S(=O)(Cc1ccc(F)cc1)NCC1COc2ccccc2O1. The second-order valence-corrected chi connectivity index (χ2v) is 7.04. The van der Waals surface area contributed by atoms with Crippen LogP contribution in [0.4, 0.5) is 4.39 Å². The second kappa shape index (κ2) is 6.55. The lowest BCUT2D eigenvalue weighted by molar-refractivity contribution is 0.0943. The van der Waals surface area contributed by atoms with Gasteiger partial charge in [0.1, 0.15) is 18.5 Å². The third-order valence-electron chi connectivity index (χ3n) is 3.37. The van der Waals surface area contributed by atoms with Crippen molar-refractivity contribution in [1.29, 1.82) is 0 Å². The summed E-state index contributed by atoms with van der Waals surface area (Å²) in [4.78, 5) is 0. The zero-order valence-electron chi connectivity index (χ0n) is 12.2. The van der Waals surface area contributed by atoms with Gasteiger partial charge in [-0.3, -0.25) is 0 Å². The van der Waals surface area contributed by atoms with E-state index in [1.54, 1.807) is 12.1 Å². The van der Waals surface area contributed by atoms with E-state index < -0.39 is 21.9 Å². The first-order chi connectivity index (χ1) is 11.0. The molecule has 1 aliphatic heterocycles. The zero-order valence-corrected chi connectivity index (χ0v) is 13.1. The number of nitrogens with one attached hydrogen (secondary N) is 1. The van der Waals surface area contributed by atoms with E-state index in [0.29, 0.717) is 17.1 Å². The molecule has 1 unspecified atom stereocenters. The van der Waals surface area contributed by atoms with Crippen LogP contribution in [-0.4, -0.2) is 27.7 Å². The van der Waals surface area contributed by atoms with Crippen LogP contribution in [0.1, 0.15) is 5.56 Å². The van der Waals surface area contributed by atoms with Gasteiger partial charge >= 0.3 is 0 Å². The quantitative estimate of drug-likeness (QED) is 0.907. The van der Waals surface area contributed by atoms with E-state index in [4.69, 9.17) is 9.47 Å². The van der Waals surface area contributed by atoms with Gasteiger partial charge < -0.3 is 9.47 Å². The van der Waals surface area contributed by atoms with Crippen molar-refractivity contribution in [2.24, 2.45) is 0 Å². The standard InChI is InChI=1S/C16H16FNO4S/c17-13-7-5-12(6-8-13)11-23(19,20)18-9-14-10-21-15-3-1-2-4-16(15)22-14/h1-8,14,18H,9-11H2. The van der Waals surface area contributed by atoms with E-state index in [1.807, 2.05) is 12.1 Å². The van der Waals surface area contributed by atoms with Gasteiger partial charge in [-0.05, 0) is 29.8 Å². The van der Waals surface area contributed by atoms with Gasteiger partial charge in [0.25, 0.3) is 0 Å². The highest BCUT2D eigenvalue weighted by molar-refractivity contribution is 7.88. The van der Waals surface area contributed by atoms with Crippen LogP contribution in [0.5, 0.6) is 11.5 Å². The monoisotopic (exact) mass is 337 g/mol. The van der Waals surface area contributed by atoms with E-state index in [0.717, 1.165) is 0 Å². The lowest BCUT2D eigenvalue weighted by atomic mass is 10.2. The van der Waals surface area contributed by atoms with E-state index >= 15 is 0 Å². The third-order valence-corrected chi connectivity index (χ3v) is 4.69. The highest BCUT2D eigenvalue weighted by atomic mass is 32.2. The molecule has 5 nitrogen and oxygen atoms in total. The van der Waals surface area contributed by atoms with Crippen LogP contribution in [0, 0.1) is 5.82 Å². The number of fused-ring (bicyclic) bond motifs is 1. The zero-order chi connectivity index (χ0) is 16.3. The fourth-order valence-electron chi connectivity index (χ4n) is 2.23. The highest BCUT2D eigenvalue weighted by Crippen LogP contribution is 2.30. The van der Waals surface area contributed by atoms with Crippen LogP contribution >= 0.6 is 0 Å². The number of hydrogen-bond acceptors (Lipinski definition) is 4. The molecule has 122 valence electrons. The smallest absolute Gasteiger partial charge is 0.215 e. The minimum absolute atomic E-state index is 0.109. The first-order valence-electron chi connectivity index (χ1n) is 7.12. The maximum absolute atomic E-state index is 12.8. The van der Waals surface area contributed by atoms with Gasteiger partial charge in [-0.15, -0.1) is 0 Å². The summed E-state index contributed by atoms with van der Waals surface area (Å²) in [6, 6.07) is 12.6. The van der Waals surface area contributed by atoms with Gasteiger partial charge in [0.2, 0.25) is 10.0 Å². The molecular weight excluding hydrogens is 321 g/mol. The van der Waals surface area contributed by atoms with Crippen LogP contribution in [-0.2, 0) is 15.8 Å². The number of halogens is 1. The van der Waals surface area contributed by atoms with Crippen molar-refractivity contribution >= 4 is 10.0 Å². The Bertz CT molecular complexity index is 777. The van der Waals surface area contributed by atoms with Crippen LogP contribution in [0.25, 0.3) is 0 Å². The molecule has 0 radical (unpaired) electrons. The molecule has 2 aromatic rings. The van der Waals surface area contributed by atoms with Crippen molar-refractivity contribution in [2.45, 2.75) is 11.9 Å². The summed E-state index contributed by atoms with van der Waals surface area (Å²) in [6.45, 7) is 0.383. The van der Waals surface area contributed by atoms with Gasteiger partial charge in [-0.1, -0.05) is 24.3 Å². The lowest BCUT2D eigenvalue weighted by Gasteiger charge is -2.26. The van der Waals surface area contributed by atoms with Crippen LogP contribution < -0.4 is 14.2 Å². The molecule has 0 fully saturated rings. The van der Waals surface area contributed by atoms with Gasteiger partial charge in [0.05, 0.1) is 12.3 Å². The molecule has 0 saturated heterocycles. The predicted octanol–water partition coefficient (Wildman–Crippen LogP) is 2.09. The molecule has 0 bridgehead atoms. The van der Waals surface area contributed by atoms with E-state index in [1.165, 1.54) is 24.3 Å². The Morgan fingerprint density at radius 3 is 2.52 bits per heavy atom. The van der Waals surface area contributed by atoms with Crippen molar-refractivity contribution < 1.29 is 22.3 Å². The van der Waals surface area contributed by atoms with Crippen molar-refractivity contribution in [3.63, 3.8) is 0 Å².